The first-order valence-corrected chi connectivity index (χ1v) is 15.3. The van der Waals surface area contributed by atoms with Gasteiger partial charge < -0.3 is 46.0 Å². The highest BCUT2D eigenvalue weighted by atomic mass is 16.4. The highest BCUT2D eigenvalue weighted by molar-refractivity contribution is 5.98. The summed E-state index contributed by atoms with van der Waals surface area (Å²) in [6.45, 7) is 1.15. The van der Waals surface area contributed by atoms with Crippen molar-refractivity contribution in [1.29, 1.82) is 0 Å². The number of nitrogens with one attached hydrogen (secondary N) is 3. The second-order valence-electron chi connectivity index (χ2n) is 11.9. The topological polar surface area (TPSA) is 243 Å². The van der Waals surface area contributed by atoms with E-state index in [4.69, 9.17) is 0 Å². The van der Waals surface area contributed by atoms with Gasteiger partial charge in [0.2, 0.25) is 29.5 Å². The summed E-state index contributed by atoms with van der Waals surface area (Å²) in [6.07, 6.45) is 1.79. The third-order valence-electron chi connectivity index (χ3n) is 8.84. The molecule has 0 aromatic rings. The summed E-state index contributed by atoms with van der Waals surface area (Å²) < 4.78 is 0. The van der Waals surface area contributed by atoms with Crippen LogP contribution >= 0.6 is 0 Å². The van der Waals surface area contributed by atoms with Gasteiger partial charge in [0.05, 0.1) is 18.9 Å². The van der Waals surface area contributed by atoms with Crippen LogP contribution in [0, 0.1) is 0 Å². The molecule has 0 aliphatic carbocycles. The smallest absolute Gasteiger partial charge is 0.326 e. The molecule has 4 saturated heterocycles. The molecular weight excluding hydrogens is 596 g/mol. The number of hydrogen-bond donors (Lipinski definition) is 6. The van der Waals surface area contributed by atoms with Crippen LogP contribution in [-0.4, -0.2) is 140 Å². The lowest BCUT2D eigenvalue weighted by molar-refractivity contribution is -0.151. The Morgan fingerprint density at radius 3 is 1.51 bits per heavy atom. The van der Waals surface area contributed by atoms with Crippen LogP contribution in [0.4, 0.5) is 0 Å². The zero-order valence-corrected chi connectivity index (χ0v) is 24.8. The molecule has 0 bridgehead atoms. The van der Waals surface area contributed by atoms with Gasteiger partial charge in [-0.15, -0.1) is 0 Å². The minimum atomic E-state index is -1.60. The van der Waals surface area contributed by atoms with Crippen LogP contribution in [0.1, 0.15) is 64.2 Å². The number of carboxylic acids is 3. The molecule has 0 unspecified atom stereocenters. The Morgan fingerprint density at radius 1 is 0.622 bits per heavy atom. The highest BCUT2D eigenvalue weighted by Gasteiger charge is 2.44. The molecule has 248 valence electrons. The van der Waals surface area contributed by atoms with Gasteiger partial charge in [-0.2, -0.15) is 0 Å². The summed E-state index contributed by atoms with van der Waals surface area (Å²) in [5.41, 5.74) is 0. The maximum Gasteiger partial charge on any atom is 0.326 e. The Bertz CT molecular complexity index is 1220. The third-order valence-corrected chi connectivity index (χ3v) is 8.84. The van der Waals surface area contributed by atoms with E-state index in [1.165, 1.54) is 4.90 Å². The van der Waals surface area contributed by atoms with E-state index >= 15 is 0 Å². The Balaban J connectivity index is 1.45. The van der Waals surface area contributed by atoms with Gasteiger partial charge in [-0.25, -0.2) is 4.79 Å². The van der Waals surface area contributed by atoms with Crippen molar-refractivity contribution < 1.29 is 53.7 Å². The molecule has 4 aliphatic rings. The summed E-state index contributed by atoms with van der Waals surface area (Å²) in [5.74, 6) is -7.51. The fourth-order valence-electron chi connectivity index (χ4n) is 6.67. The molecule has 45 heavy (non-hydrogen) atoms. The van der Waals surface area contributed by atoms with E-state index < -0.39 is 90.6 Å². The normalized spacial score (nSPS) is 25.9. The zero-order valence-electron chi connectivity index (χ0n) is 24.8. The molecule has 0 radical (unpaired) electrons. The number of likely N-dealkylation sites (tertiary alicyclic amines) is 3. The monoisotopic (exact) mass is 636 g/mol. The van der Waals surface area contributed by atoms with Crippen molar-refractivity contribution in [2.75, 3.05) is 26.2 Å². The van der Waals surface area contributed by atoms with Crippen molar-refractivity contribution in [3.8, 4) is 0 Å². The molecule has 0 aromatic carbocycles. The second kappa shape index (κ2) is 14.7. The minimum absolute atomic E-state index is 0.0368. The van der Waals surface area contributed by atoms with Gasteiger partial charge in [-0.05, 0) is 57.9 Å². The number of carbonyl (C=O) groups excluding carboxylic acids is 5. The molecule has 6 atom stereocenters. The van der Waals surface area contributed by atoms with E-state index in [9.17, 15) is 53.7 Å². The van der Waals surface area contributed by atoms with E-state index in [1.54, 1.807) is 0 Å². The lowest BCUT2D eigenvalue weighted by Gasteiger charge is -2.32. The zero-order chi connectivity index (χ0) is 32.8. The SMILES string of the molecule is O=C(O)C[C@H](NC(=O)[C@@H]1CCCN1C(=O)[C@H](CC(=O)O)NC(=O)[C@@H]1CCCN1C(=O)[C@@H]1CCCN1)C(=O)N1CCC[C@H]1C(=O)O. The predicted octanol–water partition coefficient (Wildman–Crippen LogP) is -2.28. The van der Waals surface area contributed by atoms with Crippen molar-refractivity contribution in [3.05, 3.63) is 0 Å². The molecule has 4 aliphatic heterocycles. The molecule has 0 aromatic heterocycles. The number of carbonyl (C=O) groups is 8. The largest absolute Gasteiger partial charge is 0.481 e. The first kappa shape index (κ1) is 33.6. The number of carboxylic acid groups (broad SMARTS) is 3. The summed E-state index contributed by atoms with van der Waals surface area (Å²) in [4.78, 5) is 105. The molecule has 17 nitrogen and oxygen atoms in total. The molecule has 0 saturated carbocycles. The van der Waals surface area contributed by atoms with Gasteiger partial charge in [0.25, 0.3) is 0 Å². The molecule has 4 heterocycles. The summed E-state index contributed by atoms with van der Waals surface area (Å²) in [5, 5.41) is 36.3. The van der Waals surface area contributed by atoms with Crippen molar-refractivity contribution >= 4 is 47.4 Å². The molecular formula is C28H40N6O11. The molecule has 4 rings (SSSR count). The lowest BCUT2D eigenvalue weighted by atomic mass is 10.1. The molecule has 6 N–H and O–H groups in total. The van der Waals surface area contributed by atoms with E-state index in [0.717, 1.165) is 16.2 Å². The second-order valence-corrected chi connectivity index (χ2v) is 11.9. The molecule has 5 amide bonds. The number of aliphatic carboxylic acids is 3. The minimum Gasteiger partial charge on any atom is -0.481 e. The third kappa shape index (κ3) is 7.87. The van der Waals surface area contributed by atoms with Crippen LogP contribution < -0.4 is 16.0 Å². The Morgan fingerprint density at radius 2 is 1.07 bits per heavy atom. The Hall–Kier alpha value is -4.28. The fourth-order valence-corrected chi connectivity index (χ4v) is 6.67. The summed E-state index contributed by atoms with van der Waals surface area (Å²) >= 11 is 0. The predicted molar refractivity (Wildman–Crippen MR) is 151 cm³/mol. The maximum absolute atomic E-state index is 13.6. The van der Waals surface area contributed by atoms with Crippen molar-refractivity contribution in [1.82, 2.24) is 30.7 Å². The van der Waals surface area contributed by atoms with Gasteiger partial charge in [-0.1, -0.05) is 0 Å². The van der Waals surface area contributed by atoms with Crippen LogP contribution in [-0.2, 0) is 38.4 Å². The average Bonchev–Trinajstić information content (AvgIpc) is 3.80. The van der Waals surface area contributed by atoms with E-state index in [0.29, 0.717) is 45.2 Å². The van der Waals surface area contributed by atoms with Gasteiger partial charge in [0.1, 0.15) is 30.2 Å². The molecule has 4 fully saturated rings. The van der Waals surface area contributed by atoms with Crippen molar-refractivity contribution in [2.45, 2.75) is 100 Å². The number of amides is 5. The number of nitrogens with zero attached hydrogens (tertiary/aromatic N) is 3. The van der Waals surface area contributed by atoms with Gasteiger partial charge >= 0.3 is 17.9 Å². The first-order valence-electron chi connectivity index (χ1n) is 15.3. The van der Waals surface area contributed by atoms with Crippen molar-refractivity contribution in [2.24, 2.45) is 0 Å². The van der Waals surface area contributed by atoms with Gasteiger partial charge in [0.15, 0.2) is 0 Å². The standard InChI is InChI=1S/C28H40N6O11/c35-21(36)13-16(30-23(39)18-6-2-10-32(18)25(41)15-5-1-9-29-15)26(42)33-11-3-7-19(33)24(40)31-17(14-22(37)38)27(43)34-12-4-8-20(34)28(44)45/h15-20,29H,1-14H2,(H,30,39)(H,31,40)(H,35,36)(H,37,38)(H,44,45)/t15-,16-,17-,18-,19-,20-/m0/s1. The quantitative estimate of drug-likeness (QED) is 0.133. The first-order chi connectivity index (χ1) is 21.4. The number of rotatable bonds is 12. The molecule has 17 heteroatoms. The van der Waals surface area contributed by atoms with Crippen LogP contribution in [0.25, 0.3) is 0 Å². The van der Waals surface area contributed by atoms with Crippen LogP contribution in [0.2, 0.25) is 0 Å². The van der Waals surface area contributed by atoms with Crippen LogP contribution in [0.3, 0.4) is 0 Å². The van der Waals surface area contributed by atoms with Crippen LogP contribution in [0.15, 0.2) is 0 Å². The van der Waals surface area contributed by atoms with Crippen LogP contribution in [0.5, 0.6) is 0 Å². The van der Waals surface area contributed by atoms with Gasteiger partial charge in [0, 0.05) is 19.6 Å². The van der Waals surface area contributed by atoms with E-state index in [2.05, 4.69) is 16.0 Å². The molecule has 0 spiro atoms. The van der Waals surface area contributed by atoms with Crippen molar-refractivity contribution in [3.63, 3.8) is 0 Å². The Kier molecular flexibility index (Phi) is 11.0. The fraction of sp³-hybridized carbons (Fsp3) is 0.714. The summed E-state index contributed by atoms with van der Waals surface area (Å²) in [6, 6.07) is -6.79. The summed E-state index contributed by atoms with van der Waals surface area (Å²) in [7, 11) is 0. The average molecular weight is 637 g/mol. The van der Waals surface area contributed by atoms with Gasteiger partial charge in [-0.3, -0.25) is 33.6 Å². The Labute approximate surface area is 258 Å². The van der Waals surface area contributed by atoms with E-state index in [1.807, 2.05) is 0 Å². The van der Waals surface area contributed by atoms with E-state index in [-0.39, 0.29) is 31.8 Å². The highest BCUT2D eigenvalue weighted by Crippen LogP contribution is 2.24. The lowest BCUT2D eigenvalue weighted by Crippen LogP contribution is -2.59. The number of hydrogen-bond acceptors (Lipinski definition) is 9. The maximum atomic E-state index is 13.6.